The number of rotatable bonds is 14. The van der Waals surface area contributed by atoms with Crippen molar-refractivity contribution in [2.75, 3.05) is 46.5 Å². The summed E-state index contributed by atoms with van der Waals surface area (Å²) < 4.78 is 36.8. The molecule has 0 spiro atoms. The highest BCUT2D eigenvalue weighted by Gasteiger charge is 2.42. The van der Waals surface area contributed by atoms with Gasteiger partial charge in [-0.1, -0.05) is 13.2 Å². The average Bonchev–Trinajstić information content (AvgIpc) is 2.70. The molecular weight excluding hydrogens is 428 g/mol. The molecule has 0 saturated carbocycles. The number of hydrogen-bond acceptors (Lipinski definition) is 9. The third-order valence-corrected chi connectivity index (χ3v) is 8.58. The summed E-state index contributed by atoms with van der Waals surface area (Å²) in [6.07, 6.45) is 0.208. The summed E-state index contributed by atoms with van der Waals surface area (Å²) in [6, 6.07) is 0. The van der Waals surface area contributed by atoms with Gasteiger partial charge in [0.25, 0.3) is 0 Å². The maximum absolute atomic E-state index is 11.3. The highest BCUT2D eigenvalue weighted by atomic mass is 28.4. The summed E-state index contributed by atoms with van der Waals surface area (Å²) >= 11 is 0. The van der Waals surface area contributed by atoms with Crippen LogP contribution in [-0.2, 0) is 41.2 Å². The first-order valence-electron chi connectivity index (χ1n) is 9.63. The topological polar surface area (TPSA) is 98.8 Å². The summed E-state index contributed by atoms with van der Waals surface area (Å²) in [7, 11) is -2.09. The minimum Gasteiger partial charge on any atom is -0.460 e. The molecule has 0 aromatic heterocycles. The van der Waals surface area contributed by atoms with Gasteiger partial charge in [0.2, 0.25) is 0 Å². The van der Waals surface area contributed by atoms with E-state index in [9.17, 15) is 9.59 Å². The first-order valence-corrected chi connectivity index (χ1v) is 14.1. The smallest absolute Gasteiger partial charge is 0.460 e. The average molecular weight is 467 g/mol. The van der Waals surface area contributed by atoms with Crippen LogP contribution in [0.4, 0.5) is 0 Å². The molecule has 0 rings (SSSR count). The van der Waals surface area contributed by atoms with Crippen molar-refractivity contribution in [3.63, 3.8) is 0 Å². The molecule has 0 atom stereocenters. The van der Waals surface area contributed by atoms with Crippen LogP contribution in [0.3, 0.4) is 0 Å². The minimum absolute atomic E-state index is 0.0220. The lowest BCUT2D eigenvalue weighted by molar-refractivity contribution is -0.139. The molecular formula is C19H38O9Si2. The fraction of sp³-hybridized carbons (Fsp3) is 0.684. The summed E-state index contributed by atoms with van der Waals surface area (Å²) in [5.41, 5.74) is 0.723. The minimum atomic E-state index is -2.89. The molecule has 0 aromatic carbocycles. The zero-order valence-corrected chi connectivity index (χ0v) is 21.6. The van der Waals surface area contributed by atoms with Gasteiger partial charge in [-0.25, -0.2) is 9.59 Å². The van der Waals surface area contributed by atoms with E-state index >= 15 is 0 Å². The second kappa shape index (κ2) is 16.4. The molecule has 0 aliphatic carbocycles. The van der Waals surface area contributed by atoms with Crippen LogP contribution in [0.15, 0.2) is 24.3 Å². The number of ether oxygens (including phenoxy) is 2. The van der Waals surface area contributed by atoms with E-state index in [1.807, 2.05) is 27.3 Å². The number of carbonyl (C=O) groups excluding carboxylic acids is 2. The van der Waals surface area contributed by atoms with Crippen molar-refractivity contribution < 1.29 is 41.2 Å². The van der Waals surface area contributed by atoms with Gasteiger partial charge in [0.15, 0.2) is 6.23 Å². The van der Waals surface area contributed by atoms with E-state index in [0.29, 0.717) is 31.0 Å². The van der Waals surface area contributed by atoms with E-state index in [2.05, 4.69) is 13.2 Å². The maximum Gasteiger partial charge on any atom is 0.540 e. The fourth-order valence-corrected chi connectivity index (χ4v) is 4.63. The zero-order chi connectivity index (χ0) is 23.8. The Labute approximate surface area is 182 Å². The van der Waals surface area contributed by atoms with Crippen LogP contribution >= 0.6 is 0 Å². The lowest BCUT2D eigenvalue weighted by atomic mass is 10.4. The molecule has 0 amide bonds. The second-order valence-electron chi connectivity index (χ2n) is 6.24. The standard InChI is InChI=1S/C11H22O5Si.C8H16O4Si/c1-6-14-17(15-7-2,16-8-3)9-13-11(12)10(4)5;1-7(2)8(9)12-6-13(5,10-3)11-4/h4,6-9H2,1-3,5H3;1,6H2,2-5H3. The molecule has 30 heavy (non-hydrogen) atoms. The SMILES string of the molecule is C=C(C)C(=O)OC[Si](C)(OC)OC.C=C(C)C(=O)OC[Si](OCC)(OCC)OCC. The van der Waals surface area contributed by atoms with Gasteiger partial charge in [0.05, 0.1) is 0 Å². The van der Waals surface area contributed by atoms with Crippen molar-refractivity contribution in [2.45, 2.75) is 41.2 Å². The molecule has 11 heteroatoms. The Morgan fingerprint density at radius 2 is 1.07 bits per heavy atom. The summed E-state index contributed by atoms with van der Waals surface area (Å²) in [5, 5.41) is 0. The maximum atomic E-state index is 11.3. The highest BCUT2D eigenvalue weighted by Crippen LogP contribution is 2.11. The van der Waals surface area contributed by atoms with Crippen LogP contribution in [0.2, 0.25) is 6.55 Å². The molecule has 0 aliphatic rings. The summed E-state index contributed by atoms with van der Waals surface area (Å²) in [4.78, 5) is 22.3. The quantitative estimate of drug-likeness (QED) is 0.217. The molecule has 0 N–H and O–H groups in total. The lowest BCUT2D eigenvalue weighted by Gasteiger charge is -2.27. The van der Waals surface area contributed by atoms with Gasteiger partial charge in [-0.15, -0.1) is 0 Å². The predicted octanol–water partition coefficient (Wildman–Crippen LogP) is 2.70. The monoisotopic (exact) mass is 466 g/mol. The molecule has 0 radical (unpaired) electrons. The number of hydrogen-bond donors (Lipinski definition) is 0. The van der Waals surface area contributed by atoms with Crippen LogP contribution in [-0.4, -0.2) is 75.8 Å². The van der Waals surface area contributed by atoms with E-state index < -0.39 is 29.3 Å². The molecule has 0 aromatic rings. The van der Waals surface area contributed by atoms with E-state index in [-0.39, 0.29) is 12.5 Å². The van der Waals surface area contributed by atoms with Crippen molar-refractivity contribution >= 4 is 29.3 Å². The zero-order valence-electron chi connectivity index (χ0n) is 19.6. The largest absolute Gasteiger partial charge is 0.540 e. The van der Waals surface area contributed by atoms with Crippen LogP contribution < -0.4 is 0 Å². The van der Waals surface area contributed by atoms with Gasteiger partial charge in [-0.2, -0.15) is 0 Å². The van der Waals surface area contributed by atoms with E-state index in [1.165, 1.54) is 0 Å². The Kier molecular flexibility index (Phi) is 16.8. The normalized spacial score (nSPS) is 11.2. The molecule has 0 bridgehead atoms. The third-order valence-electron chi connectivity index (χ3n) is 3.50. The van der Waals surface area contributed by atoms with Gasteiger partial charge in [0.1, 0.15) is 6.23 Å². The number of esters is 2. The Bertz CT molecular complexity index is 531. The molecule has 0 saturated heterocycles. The van der Waals surface area contributed by atoms with Crippen molar-refractivity contribution in [2.24, 2.45) is 0 Å². The highest BCUT2D eigenvalue weighted by molar-refractivity contribution is 6.66. The van der Waals surface area contributed by atoms with Crippen LogP contribution in [0.5, 0.6) is 0 Å². The van der Waals surface area contributed by atoms with E-state index in [1.54, 1.807) is 28.1 Å². The van der Waals surface area contributed by atoms with Gasteiger partial charge >= 0.3 is 29.3 Å². The Hall–Kier alpha value is -1.35. The van der Waals surface area contributed by atoms with Crippen molar-refractivity contribution in [1.82, 2.24) is 0 Å². The molecule has 9 nitrogen and oxygen atoms in total. The molecule has 0 unspecified atom stereocenters. The molecule has 176 valence electrons. The second-order valence-corrected chi connectivity index (χ2v) is 12.1. The van der Waals surface area contributed by atoms with Crippen molar-refractivity contribution in [1.29, 1.82) is 0 Å². The Morgan fingerprint density at radius 1 is 0.733 bits per heavy atom. The summed E-state index contributed by atoms with van der Waals surface area (Å²) in [5.74, 6) is -0.867. The van der Waals surface area contributed by atoms with Gasteiger partial charge in [0, 0.05) is 45.2 Å². The van der Waals surface area contributed by atoms with E-state index in [0.717, 1.165) is 0 Å². The van der Waals surface area contributed by atoms with Gasteiger partial charge < -0.3 is 31.6 Å². The fourth-order valence-electron chi connectivity index (χ4n) is 1.71. The van der Waals surface area contributed by atoms with Crippen LogP contribution in [0.1, 0.15) is 34.6 Å². The van der Waals surface area contributed by atoms with Crippen molar-refractivity contribution in [3.05, 3.63) is 24.3 Å². The first kappa shape index (κ1) is 30.8. The summed E-state index contributed by atoms with van der Waals surface area (Å²) in [6.45, 7) is 18.9. The first-order chi connectivity index (χ1) is 14.0. The van der Waals surface area contributed by atoms with Gasteiger partial charge in [-0.3, -0.25) is 0 Å². The predicted molar refractivity (Wildman–Crippen MR) is 118 cm³/mol. The number of carbonyl (C=O) groups is 2. The lowest BCUT2D eigenvalue weighted by Crippen LogP contribution is -2.51. The van der Waals surface area contributed by atoms with Crippen LogP contribution in [0, 0.1) is 0 Å². The Morgan fingerprint density at radius 3 is 1.33 bits per heavy atom. The Balaban J connectivity index is 0. The van der Waals surface area contributed by atoms with E-state index in [4.69, 9.17) is 31.6 Å². The molecule has 0 aliphatic heterocycles. The third kappa shape index (κ3) is 13.1. The molecule has 0 fully saturated rings. The van der Waals surface area contributed by atoms with Gasteiger partial charge in [-0.05, 0) is 41.2 Å². The molecule has 0 heterocycles. The van der Waals surface area contributed by atoms with Crippen molar-refractivity contribution in [3.8, 4) is 0 Å². The van der Waals surface area contributed by atoms with Crippen LogP contribution in [0.25, 0.3) is 0 Å².